The summed E-state index contributed by atoms with van der Waals surface area (Å²) in [6.07, 6.45) is 0.737. The lowest BCUT2D eigenvalue weighted by molar-refractivity contribution is -0.126. The molecule has 1 spiro atoms. The van der Waals surface area contributed by atoms with Crippen LogP contribution >= 0.6 is 23.2 Å². The fraction of sp³-hybridized carbons (Fsp3) is 0.360. The third kappa shape index (κ3) is 3.90. The van der Waals surface area contributed by atoms with Gasteiger partial charge in [-0.25, -0.2) is 4.68 Å². The van der Waals surface area contributed by atoms with Crippen LogP contribution < -0.4 is 10.2 Å². The van der Waals surface area contributed by atoms with Crippen molar-refractivity contribution in [1.29, 1.82) is 0 Å². The summed E-state index contributed by atoms with van der Waals surface area (Å²) < 4.78 is 1.66. The number of carbonyl (C=O) groups is 2. The van der Waals surface area contributed by atoms with Gasteiger partial charge in [0, 0.05) is 22.3 Å². The van der Waals surface area contributed by atoms with E-state index in [-0.39, 0.29) is 24.3 Å². The molecule has 35 heavy (non-hydrogen) atoms. The fourth-order valence-corrected chi connectivity index (χ4v) is 5.36. The smallest absolute Gasteiger partial charge is 0.244 e. The first-order valence-electron chi connectivity index (χ1n) is 11.5. The van der Waals surface area contributed by atoms with Crippen molar-refractivity contribution >= 4 is 46.5 Å². The second kappa shape index (κ2) is 8.93. The Hall–Kier alpha value is -2.94. The highest BCUT2D eigenvalue weighted by molar-refractivity contribution is 6.31. The van der Waals surface area contributed by atoms with Crippen molar-refractivity contribution < 1.29 is 9.59 Å². The Balaban J connectivity index is 1.62. The van der Waals surface area contributed by atoms with Gasteiger partial charge in [0.15, 0.2) is 5.82 Å². The Morgan fingerprint density at radius 1 is 1.11 bits per heavy atom. The molecular weight excluding hydrogens is 487 g/mol. The zero-order valence-corrected chi connectivity index (χ0v) is 21.3. The number of nitrogens with zero attached hydrogens (tertiary/aromatic N) is 5. The minimum absolute atomic E-state index is 0.0512. The Morgan fingerprint density at radius 3 is 2.54 bits per heavy atom. The maximum absolute atomic E-state index is 14.1. The highest BCUT2D eigenvalue weighted by Gasteiger charge is 2.58. The molecule has 3 heterocycles. The minimum atomic E-state index is -1.27. The molecule has 2 aromatic carbocycles. The van der Waals surface area contributed by atoms with Gasteiger partial charge in [0.2, 0.25) is 11.8 Å². The molecule has 182 valence electrons. The molecule has 3 aromatic rings. The normalized spacial score (nSPS) is 19.8. The lowest BCUT2D eigenvalue weighted by atomic mass is 9.73. The topological polar surface area (TPSA) is 83.4 Å². The molecule has 2 atom stereocenters. The Labute approximate surface area is 213 Å². The van der Waals surface area contributed by atoms with Crippen LogP contribution in [0.5, 0.6) is 0 Å². The molecule has 5 rings (SSSR count). The molecule has 0 fully saturated rings. The first-order valence-corrected chi connectivity index (χ1v) is 12.3. The van der Waals surface area contributed by atoms with Crippen LogP contribution in [-0.2, 0) is 15.0 Å². The first kappa shape index (κ1) is 23.8. The van der Waals surface area contributed by atoms with Crippen molar-refractivity contribution in [1.82, 2.24) is 19.9 Å². The number of rotatable bonds is 6. The van der Waals surface area contributed by atoms with Gasteiger partial charge in [0.25, 0.3) is 0 Å². The van der Waals surface area contributed by atoms with Crippen LogP contribution in [0.2, 0.25) is 10.0 Å². The molecule has 0 bridgehead atoms. The number of anilines is 2. The summed E-state index contributed by atoms with van der Waals surface area (Å²) in [4.78, 5) is 31.0. The summed E-state index contributed by atoms with van der Waals surface area (Å²) in [5.74, 6) is -0.00675. The number of benzene rings is 2. The number of halogens is 2. The SMILES string of the molecule is CC(c1ccc(Cl)cc1)n1nnc2c1NC(=O)C[C@]21C(=O)N(CCCN(C)C)c2ccc(Cl)cc21. The average Bonchev–Trinajstić information content (AvgIpc) is 3.33. The van der Waals surface area contributed by atoms with Crippen molar-refractivity contribution in [3.63, 3.8) is 0 Å². The van der Waals surface area contributed by atoms with E-state index in [2.05, 4.69) is 20.5 Å². The number of nitrogens with one attached hydrogen (secondary N) is 1. The number of amides is 2. The second-order valence-electron chi connectivity index (χ2n) is 9.36. The monoisotopic (exact) mass is 512 g/mol. The fourth-order valence-electron chi connectivity index (χ4n) is 5.06. The maximum atomic E-state index is 14.1. The number of aromatic nitrogens is 3. The third-order valence-electron chi connectivity index (χ3n) is 6.81. The molecule has 0 radical (unpaired) electrons. The molecule has 0 aliphatic carbocycles. The van der Waals surface area contributed by atoms with Crippen molar-refractivity contribution in [2.45, 2.75) is 31.2 Å². The van der Waals surface area contributed by atoms with Gasteiger partial charge in [-0.05, 0) is 75.4 Å². The molecule has 10 heteroatoms. The van der Waals surface area contributed by atoms with E-state index in [4.69, 9.17) is 23.2 Å². The summed E-state index contributed by atoms with van der Waals surface area (Å²) in [6, 6.07) is 12.6. The molecule has 0 saturated carbocycles. The Kier molecular flexibility index (Phi) is 6.07. The van der Waals surface area contributed by atoms with Crippen LogP contribution in [0.1, 0.15) is 42.6 Å². The largest absolute Gasteiger partial charge is 0.311 e. The van der Waals surface area contributed by atoms with Crippen LogP contribution in [0.4, 0.5) is 11.5 Å². The molecule has 0 saturated heterocycles. The van der Waals surface area contributed by atoms with E-state index in [1.807, 2.05) is 39.2 Å². The van der Waals surface area contributed by atoms with Gasteiger partial charge in [-0.2, -0.15) is 0 Å². The number of hydrogen-bond acceptors (Lipinski definition) is 5. The van der Waals surface area contributed by atoms with Crippen molar-refractivity contribution in [2.24, 2.45) is 0 Å². The van der Waals surface area contributed by atoms with Gasteiger partial charge in [0.1, 0.15) is 11.1 Å². The van der Waals surface area contributed by atoms with E-state index in [1.165, 1.54) is 0 Å². The Bertz CT molecular complexity index is 1310. The molecule has 8 nitrogen and oxygen atoms in total. The summed E-state index contributed by atoms with van der Waals surface area (Å²) in [5, 5.41) is 12.9. The minimum Gasteiger partial charge on any atom is -0.311 e. The number of hydrogen-bond donors (Lipinski definition) is 1. The molecule has 2 amide bonds. The lowest BCUT2D eigenvalue weighted by Gasteiger charge is -2.31. The summed E-state index contributed by atoms with van der Waals surface area (Å²) >= 11 is 12.4. The van der Waals surface area contributed by atoms with E-state index in [1.54, 1.807) is 33.8 Å². The lowest BCUT2D eigenvalue weighted by Crippen LogP contribution is -2.47. The van der Waals surface area contributed by atoms with Crippen molar-refractivity contribution in [2.75, 3.05) is 37.4 Å². The van der Waals surface area contributed by atoms with E-state index in [9.17, 15) is 9.59 Å². The van der Waals surface area contributed by atoms with E-state index < -0.39 is 5.41 Å². The highest BCUT2D eigenvalue weighted by atomic mass is 35.5. The number of carbonyl (C=O) groups excluding carboxylic acids is 2. The van der Waals surface area contributed by atoms with E-state index >= 15 is 0 Å². The molecule has 2 aliphatic heterocycles. The molecular formula is C25H26Cl2N6O2. The third-order valence-corrected chi connectivity index (χ3v) is 7.30. The number of fused-ring (bicyclic) bond motifs is 4. The van der Waals surface area contributed by atoms with Crippen LogP contribution in [0.15, 0.2) is 42.5 Å². The summed E-state index contributed by atoms with van der Waals surface area (Å²) in [6.45, 7) is 3.32. The van der Waals surface area contributed by atoms with Gasteiger partial charge in [-0.3, -0.25) is 9.59 Å². The van der Waals surface area contributed by atoms with E-state index in [0.29, 0.717) is 33.7 Å². The van der Waals surface area contributed by atoms with Crippen LogP contribution in [0.25, 0.3) is 0 Å². The van der Waals surface area contributed by atoms with Crippen LogP contribution in [0.3, 0.4) is 0 Å². The maximum Gasteiger partial charge on any atom is 0.244 e. The van der Waals surface area contributed by atoms with Gasteiger partial charge in [-0.1, -0.05) is 40.5 Å². The van der Waals surface area contributed by atoms with Gasteiger partial charge < -0.3 is 15.1 Å². The molecule has 1 N–H and O–H groups in total. The Morgan fingerprint density at radius 2 is 1.83 bits per heavy atom. The predicted octanol–water partition coefficient (Wildman–Crippen LogP) is 4.12. The van der Waals surface area contributed by atoms with Gasteiger partial charge in [0.05, 0.1) is 12.5 Å². The van der Waals surface area contributed by atoms with Crippen LogP contribution in [-0.4, -0.2) is 58.9 Å². The second-order valence-corrected chi connectivity index (χ2v) is 10.2. The standard InChI is InChI=1S/C25H26Cl2N6O2/c1-15(16-5-7-17(26)8-6-16)33-23-22(29-30-33)25(14-21(34)28-23)19-13-18(27)9-10-20(19)32(24(25)35)12-4-11-31(2)3/h5-10,13,15H,4,11-12,14H2,1-3H3,(H,28,34)/t15?,25-/m1/s1. The zero-order chi connectivity index (χ0) is 24.9. The molecule has 1 aromatic heterocycles. The summed E-state index contributed by atoms with van der Waals surface area (Å²) in [7, 11) is 4.00. The average molecular weight is 513 g/mol. The van der Waals surface area contributed by atoms with Crippen LogP contribution in [0, 0.1) is 0 Å². The van der Waals surface area contributed by atoms with Gasteiger partial charge in [-0.15, -0.1) is 5.10 Å². The first-order chi connectivity index (χ1) is 16.7. The molecule has 2 aliphatic rings. The molecule has 1 unspecified atom stereocenters. The van der Waals surface area contributed by atoms with Crippen molar-refractivity contribution in [3.8, 4) is 0 Å². The highest BCUT2D eigenvalue weighted by Crippen LogP contribution is 2.52. The van der Waals surface area contributed by atoms with Gasteiger partial charge >= 0.3 is 0 Å². The predicted molar refractivity (Wildman–Crippen MR) is 136 cm³/mol. The summed E-state index contributed by atoms with van der Waals surface area (Å²) in [5.41, 5.74) is 1.58. The van der Waals surface area contributed by atoms with Crippen molar-refractivity contribution in [3.05, 3.63) is 69.3 Å². The quantitative estimate of drug-likeness (QED) is 0.536. The van der Waals surface area contributed by atoms with E-state index in [0.717, 1.165) is 24.2 Å². The zero-order valence-electron chi connectivity index (χ0n) is 19.8.